The first kappa shape index (κ1) is 14.4. The average Bonchev–Trinajstić information content (AvgIpc) is 3.18. The molecule has 2 aromatic heterocycles. The molecule has 0 spiro atoms. The summed E-state index contributed by atoms with van der Waals surface area (Å²) in [6.07, 6.45) is 7.00. The lowest BCUT2D eigenvalue weighted by Crippen LogP contribution is -2.41. The normalized spacial score (nSPS) is 28.9. The third-order valence-corrected chi connectivity index (χ3v) is 5.77. The number of hydrogen-bond donors (Lipinski definition) is 0. The van der Waals surface area contributed by atoms with Crippen molar-refractivity contribution in [3.63, 3.8) is 0 Å². The maximum Gasteiger partial charge on any atom is 0.122 e. The van der Waals surface area contributed by atoms with Crippen LogP contribution in [0.25, 0.3) is 0 Å². The molecule has 22 heavy (non-hydrogen) atoms. The number of aromatic nitrogens is 3. The van der Waals surface area contributed by atoms with Gasteiger partial charge in [0, 0.05) is 43.0 Å². The molecule has 0 bridgehead atoms. The molecule has 2 aromatic rings. The Kier molecular flexibility index (Phi) is 3.76. The Morgan fingerprint density at radius 2 is 2.36 bits per heavy atom. The van der Waals surface area contributed by atoms with Crippen molar-refractivity contribution in [1.29, 1.82) is 0 Å². The van der Waals surface area contributed by atoms with Gasteiger partial charge < -0.3 is 4.74 Å². The van der Waals surface area contributed by atoms with Gasteiger partial charge in [0.15, 0.2) is 0 Å². The van der Waals surface area contributed by atoms with Crippen molar-refractivity contribution >= 4 is 11.3 Å². The summed E-state index contributed by atoms with van der Waals surface area (Å²) in [4.78, 5) is 7.10. The smallest absolute Gasteiger partial charge is 0.122 e. The molecular formula is C16H22N4OS. The Hall–Kier alpha value is -1.24. The van der Waals surface area contributed by atoms with Gasteiger partial charge in [-0.3, -0.25) is 9.58 Å². The summed E-state index contributed by atoms with van der Waals surface area (Å²) in [6.45, 7) is 5.21. The highest BCUT2D eigenvalue weighted by Crippen LogP contribution is 2.41. The molecule has 2 aliphatic heterocycles. The molecule has 0 N–H and O–H groups in total. The number of aryl methyl sites for hydroxylation is 2. The number of rotatable bonds is 3. The van der Waals surface area contributed by atoms with Crippen molar-refractivity contribution in [3.8, 4) is 0 Å². The lowest BCUT2D eigenvalue weighted by molar-refractivity contribution is -0.00942. The molecule has 5 nitrogen and oxygen atoms in total. The van der Waals surface area contributed by atoms with Crippen molar-refractivity contribution in [3.05, 3.63) is 34.0 Å². The molecule has 2 aliphatic rings. The maximum atomic E-state index is 6.32. The number of fused-ring (bicyclic) bond motifs is 1. The number of ether oxygens (including phenoxy) is 1. The average molecular weight is 318 g/mol. The fourth-order valence-corrected chi connectivity index (χ4v) is 4.47. The van der Waals surface area contributed by atoms with Gasteiger partial charge in [-0.05, 0) is 32.2 Å². The van der Waals surface area contributed by atoms with E-state index in [4.69, 9.17) is 4.74 Å². The summed E-state index contributed by atoms with van der Waals surface area (Å²) in [5.41, 5.74) is 2.39. The predicted molar refractivity (Wildman–Crippen MR) is 85.7 cm³/mol. The van der Waals surface area contributed by atoms with Crippen LogP contribution >= 0.6 is 11.3 Å². The second-order valence-corrected chi connectivity index (χ2v) is 7.42. The first-order valence-electron chi connectivity index (χ1n) is 7.95. The van der Waals surface area contributed by atoms with E-state index in [1.807, 2.05) is 17.9 Å². The molecule has 2 fully saturated rings. The van der Waals surface area contributed by atoms with Crippen LogP contribution in [0.1, 0.15) is 35.2 Å². The maximum absolute atomic E-state index is 6.32. The summed E-state index contributed by atoms with van der Waals surface area (Å²) in [5.74, 6) is 0.694. The molecule has 4 heterocycles. The summed E-state index contributed by atoms with van der Waals surface area (Å²) in [6, 6.07) is 0. The van der Waals surface area contributed by atoms with E-state index in [-0.39, 0.29) is 6.10 Å². The van der Waals surface area contributed by atoms with Gasteiger partial charge in [-0.15, -0.1) is 11.3 Å². The molecule has 0 unspecified atom stereocenters. The first-order valence-corrected chi connectivity index (χ1v) is 8.82. The zero-order valence-electron chi connectivity index (χ0n) is 13.1. The van der Waals surface area contributed by atoms with E-state index in [0.717, 1.165) is 36.8 Å². The van der Waals surface area contributed by atoms with Crippen LogP contribution in [0.5, 0.6) is 0 Å². The third-order valence-electron chi connectivity index (χ3n) is 4.71. The second-order valence-electron chi connectivity index (χ2n) is 6.53. The molecule has 2 saturated heterocycles. The van der Waals surface area contributed by atoms with Gasteiger partial charge in [0.1, 0.15) is 11.1 Å². The topological polar surface area (TPSA) is 43.2 Å². The fraction of sp³-hybridized carbons (Fsp3) is 0.625. The lowest BCUT2D eigenvalue weighted by Gasteiger charge is -2.33. The minimum absolute atomic E-state index is 0.215. The highest BCUT2D eigenvalue weighted by molar-refractivity contribution is 7.09. The summed E-state index contributed by atoms with van der Waals surface area (Å²) in [7, 11) is 1.97. The van der Waals surface area contributed by atoms with E-state index in [1.54, 1.807) is 11.3 Å². The van der Waals surface area contributed by atoms with Crippen molar-refractivity contribution in [2.75, 3.05) is 13.1 Å². The molecule has 0 aromatic carbocycles. The van der Waals surface area contributed by atoms with Crippen LogP contribution in [0.2, 0.25) is 0 Å². The Labute approximate surface area is 134 Å². The van der Waals surface area contributed by atoms with Gasteiger partial charge >= 0.3 is 0 Å². The fourth-order valence-electron chi connectivity index (χ4n) is 3.63. The van der Waals surface area contributed by atoms with E-state index in [0.29, 0.717) is 12.0 Å². The van der Waals surface area contributed by atoms with Gasteiger partial charge in [-0.1, -0.05) is 0 Å². The van der Waals surface area contributed by atoms with Crippen LogP contribution < -0.4 is 0 Å². The van der Waals surface area contributed by atoms with E-state index in [2.05, 4.69) is 33.5 Å². The van der Waals surface area contributed by atoms with Crippen molar-refractivity contribution in [2.24, 2.45) is 13.0 Å². The number of nitrogens with zero attached hydrogens (tertiary/aromatic N) is 4. The molecule has 0 aliphatic carbocycles. The first-order chi connectivity index (χ1) is 10.7. The van der Waals surface area contributed by atoms with Crippen molar-refractivity contribution in [1.82, 2.24) is 19.7 Å². The van der Waals surface area contributed by atoms with Crippen molar-refractivity contribution < 1.29 is 4.74 Å². The van der Waals surface area contributed by atoms with Gasteiger partial charge in [0.05, 0.1) is 12.3 Å². The summed E-state index contributed by atoms with van der Waals surface area (Å²) < 4.78 is 8.19. The third kappa shape index (κ3) is 2.83. The SMILES string of the molecule is Cc1csc([C@H]2C[C@@H]3CCN(Cc4cnn(C)c4)C[C@H]3O2)n1. The van der Waals surface area contributed by atoms with E-state index < -0.39 is 0 Å². The zero-order chi connectivity index (χ0) is 15.1. The van der Waals surface area contributed by atoms with Crippen molar-refractivity contribution in [2.45, 2.75) is 38.5 Å². The van der Waals surface area contributed by atoms with Gasteiger partial charge in [0.25, 0.3) is 0 Å². The predicted octanol–water partition coefficient (Wildman–Crippen LogP) is 2.54. The number of piperidine rings is 1. The molecule has 4 rings (SSSR count). The molecule has 0 saturated carbocycles. The molecule has 0 amide bonds. The van der Waals surface area contributed by atoms with Crippen LogP contribution in [-0.4, -0.2) is 38.9 Å². The quantitative estimate of drug-likeness (QED) is 0.872. The minimum atomic E-state index is 0.215. The monoisotopic (exact) mass is 318 g/mol. The van der Waals surface area contributed by atoms with Crippen LogP contribution in [0.3, 0.4) is 0 Å². The summed E-state index contributed by atoms with van der Waals surface area (Å²) >= 11 is 1.74. The highest BCUT2D eigenvalue weighted by atomic mass is 32.1. The molecular weight excluding hydrogens is 296 g/mol. The highest BCUT2D eigenvalue weighted by Gasteiger charge is 2.40. The number of thiazole rings is 1. The Morgan fingerprint density at radius 3 is 3.09 bits per heavy atom. The largest absolute Gasteiger partial charge is 0.366 e. The Balaban J connectivity index is 1.39. The van der Waals surface area contributed by atoms with Gasteiger partial charge in [-0.2, -0.15) is 5.10 Å². The number of likely N-dealkylation sites (tertiary alicyclic amines) is 1. The van der Waals surface area contributed by atoms with Gasteiger partial charge in [-0.25, -0.2) is 4.98 Å². The standard InChI is InChI=1S/C16H22N4OS/c1-11-10-22-16(18-11)14-5-13-3-4-20(9-15(13)21-14)8-12-6-17-19(2)7-12/h6-7,10,13-15H,3-5,8-9H2,1-2H3/t13-,14+,15+/m0/s1. The minimum Gasteiger partial charge on any atom is -0.366 e. The Morgan fingerprint density at radius 1 is 1.45 bits per heavy atom. The van der Waals surface area contributed by atoms with E-state index in [1.165, 1.54) is 12.0 Å². The molecule has 3 atom stereocenters. The van der Waals surface area contributed by atoms with Crippen LogP contribution in [-0.2, 0) is 18.3 Å². The zero-order valence-corrected chi connectivity index (χ0v) is 13.9. The molecule has 6 heteroatoms. The molecule has 118 valence electrons. The molecule has 0 radical (unpaired) electrons. The lowest BCUT2D eigenvalue weighted by atomic mass is 9.92. The van der Waals surface area contributed by atoms with Gasteiger partial charge in [0.2, 0.25) is 0 Å². The summed E-state index contributed by atoms with van der Waals surface area (Å²) in [5, 5.41) is 7.53. The van der Waals surface area contributed by atoms with E-state index in [9.17, 15) is 0 Å². The Bertz CT molecular complexity index is 652. The number of hydrogen-bond acceptors (Lipinski definition) is 5. The van der Waals surface area contributed by atoms with E-state index >= 15 is 0 Å². The van der Waals surface area contributed by atoms with Crippen LogP contribution in [0.4, 0.5) is 0 Å². The van der Waals surface area contributed by atoms with Crippen LogP contribution in [0, 0.1) is 12.8 Å². The second kappa shape index (κ2) is 5.76. The van der Waals surface area contributed by atoms with Crippen LogP contribution in [0.15, 0.2) is 17.8 Å².